The maximum absolute atomic E-state index is 14.0. The largest absolute Gasteiger partial charge is 0.496 e. The Labute approximate surface area is 419 Å². The molecule has 4 atom stereocenters. The molecule has 0 unspecified atom stereocenters. The quantitative estimate of drug-likeness (QED) is 0.0515. The Morgan fingerprint density at radius 2 is 0.603 bits per heavy atom. The lowest BCUT2D eigenvalue weighted by atomic mass is 10.1. The number of hydrogen-bond acceptors (Lipinski definition) is 17. The van der Waals surface area contributed by atoms with Crippen LogP contribution < -0.4 is 86.6 Å². The van der Waals surface area contributed by atoms with E-state index in [0.29, 0.717) is 0 Å². The molecule has 73 heavy (non-hydrogen) atoms. The molecular formula is C48H59N9O16. The Bertz CT molecular complexity index is 2780. The number of carbonyl (C=O) groups is 8. The first kappa shape index (κ1) is 56.6. The normalized spacial score (nSPS) is 12.2. The fourth-order valence-corrected chi connectivity index (χ4v) is 7.03. The SMILES string of the molecule is COc1ccc(NC(=O)[C@@H](C)NC(=O)c2c(OC)ccc(NC(=O)[C@@H](C)NC(=O)c3c(OC)ccc(NC(=O)[C@@H](C)NC(=O)c4c(OC)ccc(NC(=O)[C@@H](C)N)c4OC)c3OC)c2OC)c(OC)c1C(N)=O. The molecule has 0 heterocycles. The van der Waals surface area contributed by atoms with E-state index >= 15 is 0 Å². The zero-order chi connectivity index (χ0) is 54.4. The highest BCUT2D eigenvalue weighted by Gasteiger charge is 2.31. The minimum Gasteiger partial charge on any atom is -0.496 e. The van der Waals surface area contributed by atoms with E-state index in [4.69, 9.17) is 49.4 Å². The molecule has 8 amide bonds. The van der Waals surface area contributed by atoms with E-state index in [0.717, 1.165) is 0 Å². The highest BCUT2D eigenvalue weighted by atomic mass is 16.5. The molecular weight excluding hydrogens is 959 g/mol. The lowest BCUT2D eigenvalue weighted by Gasteiger charge is -2.22. The summed E-state index contributed by atoms with van der Waals surface area (Å²) in [6, 6.07) is 6.58. The molecule has 0 fully saturated rings. The number of nitrogens with two attached hydrogens (primary N) is 2. The summed E-state index contributed by atoms with van der Waals surface area (Å²) in [5.74, 6) is -6.56. The summed E-state index contributed by atoms with van der Waals surface area (Å²) < 4.78 is 43.4. The molecule has 0 aromatic heterocycles. The number of amides is 8. The van der Waals surface area contributed by atoms with E-state index in [1.807, 2.05) is 0 Å². The number of hydrogen-bond donors (Lipinski definition) is 9. The Morgan fingerprint density at radius 3 is 0.822 bits per heavy atom. The van der Waals surface area contributed by atoms with Crippen LogP contribution in [0, 0.1) is 0 Å². The molecule has 25 heteroatoms. The summed E-state index contributed by atoms with van der Waals surface area (Å²) in [6.07, 6.45) is 0. The first-order chi connectivity index (χ1) is 34.7. The predicted molar refractivity (Wildman–Crippen MR) is 266 cm³/mol. The number of benzene rings is 4. The summed E-state index contributed by atoms with van der Waals surface area (Å²) in [7, 11) is 10.2. The number of nitrogens with one attached hydrogen (secondary N) is 7. The van der Waals surface area contributed by atoms with Gasteiger partial charge in [-0.25, -0.2) is 0 Å². The lowest BCUT2D eigenvalue weighted by molar-refractivity contribution is -0.118. The van der Waals surface area contributed by atoms with Gasteiger partial charge >= 0.3 is 0 Å². The maximum atomic E-state index is 14.0. The van der Waals surface area contributed by atoms with Crippen LogP contribution in [0.3, 0.4) is 0 Å². The van der Waals surface area contributed by atoms with Crippen molar-refractivity contribution in [1.82, 2.24) is 16.0 Å². The fraction of sp³-hybridized carbons (Fsp3) is 0.333. The van der Waals surface area contributed by atoms with Crippen LogP contribution in [-0.2, 0) is 19.2 Å². The van der Waals surface area contributed by atoms with Crippen molar-refractivity contribution in [2.24, 2.45) is 11.5 Å². The third-order valence-corrected chi connectivity index (χ3v) is 10.8. The van der Waals surface area contributed by atoms with Gasteiger partial charge in [0.05, 0.1) is 85.7 Å². The predicted octanol–water partition coefficient (Wildman–Crippen LogP) is 2.41. The molecule has 392 valence electrons. The summed E-state index contributed by atoms with van der Waals surface area (Å²) in [5.41, 5.74) is 10.7. The van der Waals surface area contributed by atoms with Crippen LogP contribution in [0.2, 0.25) is 0 Å². The van der Waals surface area contributed by atoms with Crippen molar-refractivity contribution in [2.45, 2.75) is 51.9 Å². The minimum absolute atomic E-state index is 0.00229. The molecule has 4 rings (SSSR count). The van der Waals surface area contributed by atoms with E-state index in [1.165, 1.54) is 133 Å². The minimum atomic E-state index is -1.30. The summed E-state index contributed by atoms with van der Waals surface area (Å²) in [5, 5.41) is 18.1. The number of rotatable bonds is 23. The molecule has 25 nitrogen and oxygen atoms in total. The summed E-state index contributed by atoms with van der Waals surface area (Å²) >= 11 is 0. The third kappa shape index (κ3) is 12.9. The van der Waals surface area contributed by atoms with E-state index in [2.05, 4.69) is 37.2 Å². The zero-order valence-electron chi connectivity index (χ0n) is 42.1. The van der Waals surface area contributed by atoms with Crippen molar-refractivity contribution in [3.63, 3.8) is 0 Å². The van der Waals surface area contributed by atoms with Crippen molar-refractivity contribution < 1.29 is 76.3 Å². The molecule has 0 aliphatic carbocycles. The molecule has 4 aromatic carbocycles. The van der Waals surface area contributed by atoms with Crippen molar-refractivity contribution >= 4 is 70.0 Å². The van der Waals surface area contributed by atoms with Crippen LogP contribution in [0.1, 0.15) is 69.1 Å². The van der Waals surface area contributed by atoms with Gasteiger partial charge in [-0.3, -0.25) is 38.4 Å². The average molecular weight is 1020 g/mol. The van der Waals surface area contributed by atoms with E-state index in [1.54, 1.807) is 0 Å². The van der Waals surface area contributed by atoms with Gasteiger partial charge < -0.3 is 86.6 Å². The first-order valence-electron chi connectivity index (χ1n) is 21.9. The van der Waals surface area contributed by atoms with Gasteiger partial charge in [-0.1, -0.05) is 0 Å². The smallest absolute Gasteiger partial charge is 0.259 e. The Morgan fingerprint density at radius 1 is 0.370 bits per heavy atom. The van der Waals surface area contributed by atoms with Gasteiger partial charge in [-0.05, 0) is 76.2 Å². The second-order valence-corrected chi connectivity index (χ2v) is 15.6. The molecule has 11 N–H and O–H groups in total. The van der Waals surface area contributed by atoms with Gasteiger partial charge in [0.15, 0.2) is 23.0 Å². The summed E-state index contributed by atoms with van der Waals surface area (Å²) in [4.78, 5) is 107. The second kappa shape index (κ2) is 25.2. The van der Waals surface area contributed by atoms with Crippen molar-refractivity contribution in [2.75, 3.05) is 78.1 Å². The number of carbonyl (C=O) groups excluding carboxylic acids is 8. The monoisotopic (exact) mass is 1020 g/mol. The van der Waals surface area contributed by atoms with Crippen LogP contribution in [0.5, 0.6) is 46.0 Å². The summed E-state index contributed by atoms with van der Waals surface area (Å²) in [6.45, 7) is 5.61. The molecule has 0 bridgehead atoms. The van der Waals surface area contributed by atoms with Crippen molar-refractivity contribution in [3.05, 3.63) is 70.8 Å². The first-order valence-corrected chi connectivity index (χ1v) is 21.9. The molecule has 0 aliphatic rings. The Hall–Kier alpha value is -9.00. The molecule has 0 saturated carbocycles. The molecule has 4 aromatic rings. The Kier molecular flexibility index (Phi) is 19.5. The molecule has 0 aliphatic heterocycles. The lowest BCUT2D eigenvalue weighted by Crippen LogP contribution is -2.43. The number of primary amides is 1. The third-order valence-electron chi connectivity index (χ3n) is 10.8. The maximum Gasteiger partial charge on any atom is 0.259 e. The van der Waals surface area contributed by atoms with E-state index in [9.17, 15) is 38.4 Å². The highest BCUT2D eigenvalue weighted by molar-refractivity contribution is 6.11. The second-order valence-electron chi connectivity index (χ2n) is 15.6. The van der Waals surface area contributed by atoms with Crippen LogP contribution >= 0.6 is 0 Å². The number of anilines is 4. The molecule has 0 spiro atoms. The van der Waals surface area contributed by atoms with Crippen LogP contribution in [0.4, 0.5) is 22.7 Å². The van der Waals surface area contributed by atoms with E-state index in [-0.39, 0.29) is 91.0 Å². The van der Waals surface area contributed by atoms with Crippen LogP contribution in [-0.4, -0.2) is 128 Å². The number of methoxy groups -OCH3 is 8. The highest BCUT2D eigenvalue weighted by Crippen LogP contribution is 2.40. The fourth-order valence-electron chi connectivity index (χ4n) is 7.03. The average Bonchev–Trinajstić information content (AvgIpc) is 3.37. The van der Waals surface area contributed by atoms with Gasteiger partial charge in [0.1, 0.15) is 63.4 Å². The van der Waals surface area contributed by atoms with E-state index < -0.39 is 71.4 Å². The van der Waals surface area contributed by atoms with Crippen molar-refractivity contribution in [3.8, 4) is 46.0 Å². The zero-order valence-corrected chi connectivity index (χ0v) is 42.1. The van der Waals surface area contributed by atoms with Gasteiger partial charge in [0.25, 0.3) is 23.6 Å². The van der Waals surface area contributed by atoms with Gasteiger partial charge in [0.2, 0.25) is 23.6 Å². The van der Waals surface area contributed by atoms with Crippen LogP contribution in [0.15, 0.2) is 48.5 Å². The number of ether oxygens (including phenoxy) is 8. The molecule has 0 radical (unpaired) electrons. The van der Waals surface area contributed by atoms with Gasteiger partial charge in [-0.15, -0.1) is 0 Å². The van der Waals surface area contributed by atoms with Crippen molar-refractivity contribution in [1.29, 1.82) is 0 Å². The van der Waals surface area contributed by atoms with Gasteiger partial charge in [0, 0.05) is 0 Å². The molecule has 0 saturated heterocycles. The topological polar surface area (TPSA) is 347 Å². The Balaban J connectivity index is 1.53. The standard InChI is InChI=1S/C48H59N9O16/c1-21(49)42(59)54-26-14-18-30(67-6)34(38(26)71-10)46(63)52-23(3)44(61)56-28-16-20-32(69-8)36(40(28)73-12)48(65)53-24(4)45(62)57-27-15-19-31(68-7)35(39(27)72-11)47(64)51-22(2)43(60)55-25-13-17-29(66-5)33(41(50)58)37(25)70-9/h13-24H,49H2,1-12H3,(H2,50,58)(H,51,64)(H,52,63)(H,53,65)(H,54,59)(H,55,60)(H,56,61)(H,57,62)/t21-,22-,23-,24-/m1/s1. The van der Waals surface area contributed by atoms with Crippen LogP contribution in [0.25, 0.3) is 0 Å². The van der Waals surface area contributed by atoms with Gasteiger partial charge in [-0.2, -0.15) is 0 Å².